The van der Waals surface area contributed by atoms with Crippen LogP contribution < -0.4 is 0 Å². The number of carboxylic acid groups (broad SMARTS) is 1. The van der Waals surface area contributed by atoms with Crippen molar-refractivity contribution in [2.75, 3.05) is 6.54 Å². The minimum Gasteiger partial charge on any atom is -0.480 e. The van der Waals surface area contributed by atoms with Gasteiger partial charge in [-0.25, -0.2) is 9.07 Å². The third-order valence-corrected chi connectivity index (χ3v) is 3.75. The molecule has 3 rings (SSSR count). The quantitative estimate of drug-likeness (QED) is 0.936. The zero-order valence-corrected chi connectivity index (χ0v) is 11.4. The average Bonchev–Trinajstić information content (AvgIpc) is 3.09. The molecule has 1 aromatic carbocycles. The van der Waals surface area contributed by atoms with E-state index in [4.69, 9.17) is 5.11 Å². The van der Waals surface area contributed by atoms with Crippen molar-refractivity contribution in [2.24, 2.45) is 0 Å². The molecule has 1 aliphatic heterocycles. The van der Waals surface area contributed by atoms with E-state index in [0.29, 0.717) is 13.0 Å². The molecule has 6 heteroatoms. The summed E-state index contributed by atoms with van der Waals surface area (Å²) in [5, 5.41) is 13.6. The highest BCUT2D eigenvalue weighted by Crippen LogP contribution is 2.20. The Morgan fingerprint density at radius 2 is 2.10 bits per heavy atom. The number of hydrogen-bond acceptors (Lipinski definition) is 3. The summed E-state index contributed by atoms with van der Waals surface area (Å²) in [6, 6.07) is 7.53. The number of carbonyl (C=O) groups is 1. The number of halogens is 1. The number of aliphatic carboxylic acids is 1. The van der Waals surface area contributed by atoms with Crippen LogP contribution in [0.15, 0.2) is 36.5 Å². The Balaban J connectivity index is 1.73. The molecule has 1 N–H and O–H groups in total. The maximum Gasteiger partial charge on any atom is 0.320 e. The first-order valence-corrected chi connectivity index (χ1v) is 6.91. The maximum absolute atomic E-state index is 12.9. The molecule has 0 saturated carbocycles. The third kappa shape index (κ3) is 2.95. The molecule has 2 aromatic rings. The summed E-state index contributed by atoms with van der Waals surface area (Å²) >= 11 is 0. The lowest BCUT2D eigenvalue weighted by Gasteiger charge is -2.19. The molecule has 1 aromatic heterocycles. The van der Waals surface area contributed by atoms with Gasteiger partial charge in [0, 0.05) is 12.7 Å². The summed E-state index contributed by atoms with van der Waals surface area (Å²) in [4.78, 5) is 13.1. The standard InChI is InChI=1S/C15H16FN3O2/c16-11-3-5-13(6-4-11)19-9-7-12(17-19)10-18-8-1-2-14(18)15(20)21/h3-7,9,14H,1-2,8,10H2,(H,20,21)/t14-/m1/s1. The summed E-state index contributed by atoms with van der Waals surface area (Å²) in [6.07, 6.45) is 3.39. The molecule has 21 heavy (non-hydrogen) atoms. The monoisotopic (exact) mass is 289 g/mol. The average molecular weight is 289 g/mol. The summed E-state index contributed by atoms with van der Waals surface area (Å²) in [7, 11) is 0. The number of aromatic nitrogens is 2. The Bertz CT molecular complexity index is 639. The summed E-state index contributed by atoms with van der Waals surface area (Å²) in [5.74, 6) is -1.06. The molecule has 110 valence electrons. The Kier molecular flexibility index (Phi) is 3.70. The molecule has 1 saturated heterocycles. The van der Waals surface area contributed by atoms with Crippen LogP contribution in [-0.4, -0.2) is 38.3 Å². The number of benzene rings is 1. The second kappa shape index (κ2) is 5.65. The lowest BCUT2D eigenvalue weighted by Crippen LogP contribution is -2.35. The second-order valence-electron chi connectivity index (χ2n) is 5.19. The van der Waals surface area contributed by atoms with Gasteiger partial charge in [0.15, 0.2) is 0 Å². The predicted molar refractivity (Wildman–Crippen MR) is 74.6 cm³/mol. The fourth-order valence-corrected chi connectivity index (χ4v) is 2.69. The van der Waals surface area contributed by atoms with Crippen molar-refractivity contribution in [1.82, 2.24) is 14.7 Å². The number of hydrogen-bond donors (Lipinski definition) is 1. The van der Waals surface area contributed by atoms with Crippen molar-refractivity contribution >= 4 is 5.97 Å². The van der Waals surface area contributed by atoms with Gasteiger partial charge in [-0.2, -0.15) is 5.10 Å². The van der Waals surface area contributed by atoms with Crippen LogP contribution in [-0.2, 0) is 11.3 Å². The van der Waals surface area contributed by atoms with Gasteiger partial charge in [-0.15, -0.1) is 0 Å². The van der Waals surface area contributed by atoms with Gasteiger partial charge in [-0.3, -0.25) is 9.69 Å². The number of nitrogens with zero attached hydrogens (tertiary/aromatic N) is 3. The molecule has 1 fully saturated rings. The largest absolute Gasteiger partial charge is 0.480 e. The third-order valence-electron chi connectivity index (χ3n) is 3.75. The van der Waals surface area contributed by atoms with E-state index in [1.54, 1.807) is 23.0 Å². The first kappa shape index (κ1) is 13.8. The van der Waals surface area contributed by atoms with Gasteiger partial charge in [0.25, 0.3) is 0 Å². The number of carboxylic acids is 1. The first-order valence-electron chi connectivity index (χ1n) is 6.91. The highest BCUT2D eigenvalue weighted by molar-refractivity contribution is 5.73. The van der Waals surface area contributed by atoms with E-state index >= 15 is 0 Å². The number of likely N-dealkylation sites (tertiary alicyclic amines) is 1. The molecular weight excluding hydrogens is 273 g/mol. The van der Waals surface area contributed by atoms with E-state index in [-0.39, 0.29) is 5.82 Å². The van der Waals surface area contributed by atoms with E-state index in [2.05, 4.69) is 5.10 Å². The van der Waals surface area contributed by atoms with Crippen molar-refractivity contribution in [3.05, 3.63) is 48.0 Å². The van der Waals surface area contributed by atoms with Gasteiger partial charge in [-0.05, 0) is 49.7 Å². The van der Waals surface area contributed by atoms with Crippen LogP contribution in [0.25, 0.3) is 5.69 Å². The number of rotatable bonds is 4. The second-order valence-corrected chi connectivity index (χ2v) is 5.19. The minimum atomic E-state index is -0.773. The predicted octanol–water partition coefficient (Wildman–Crippen LogP) is 2.06. The van der Waals surface area contributed by atoms with E-state index in [1.807, 2.05) is 11.0 Å². The van der Waals surface area contributed by atoms with Crippen molar-refractivity contribution in [3.8, 4) is 5.69 Å². The van der Waals surface area contributed by atoms with Gasteiger partial charge in [-0.1, -0.05) is 0 Å². The topological polar surface area (TPSA) is 58.4 Å². The first-order chi connectivity index (χ1) is 10.1. The van der Waals surface area contributed by atoms with Gasteiger partial charge < -0.3 is 5.11 Å². The summed E-state index contributed by atoms with van der Waals surface area (Å²) in [6.45, 7) is 1.30. The van der Waals surface area contributed by atoms with E-state index in [1.165, 1.54) is 12.1 Å². The summed E-state index contributed by atoms with van der Waals surface area (Å²) in [5.41, 5.74) is 1.59. The highest BCUT2D eigenvalue weighted by atomic mass is 19.1. The summed E-state index contributed by atoms with van der Waals surface area (Å²) < 4.78 is 14.6. The van der Waals surface area contributed by atoms with Crippen LogP contribution in [0.2, 0.25) is 0 Å². The maximum atomic E-state index is 12.9. The molecule has 0 aliphatic carbocycles. The Morgan fingerprint density at radius 3 is 2.81 bits per heavy atom. The van der Waals surface area contributed by atoms with Crippen molar-refractivity contribution in [3.63, 3.8) is 0 Å². The molecule has 0 spiro atoms. The fraction of sp³-hybridized carbons (Fsp3) is 0.333. The SMILES string of the molecule is O=C(O)[C@H]1CCCN1Cc1ccn(-c2ccc(F)cc2)n1. The smallest absolute Gasteiger partial charge is 0.320 e. The lowest BCUT2D eigenvalue weighted by molar-refractivity contribution is -0.142. The molecule has 0 unspecified atom stereocenters. The van der Waals surface area contributed by atoms with Gasteiger partial charge >= 0.3 is 5.97 Å². The van der Waals surface area contributed by atoms with Crippen LogP contribution >= 0.6 is 0 Å². The molecule has 0 bridgehead atoms. The van der Waals surface area contributed by atoms with E-state index in [9.17, 15) is 9.18 Å². The molecular formula is C15H16FN3O2. The minimum absolute atomic E-state index is 0.285. The van der Waals surface area contributed by atoms with Crippen LogP contribution in [0.3, 0.4) is 0 Å². The van der Waals surface area contributed by atoms with Crippen LogP contribution in [0.5, 0.6) is 0 Å². The van der Waals surface area contributed by atoms with E-state index in [0.717, 1.165) is 24.3 Å². The lowest BCUT2D eigenvalue weighted by atomic mass is 10.2. The van der Waals surface area contributed by atoms with Gasteiger partial charge in [0.2, 0.25) is 0 Å². The van der Waals surface area contributed by atoms with Gasteiger partial charge in [0.1, 0.15) is 11.9 Å². The molecule has 0 amide bonds. The normalized spacial score (nSPS) is 19.0. The highest BCUT2D eigenvalue weighted by Gasteiger charge is 2.30. The Morgan fingerprint density at radius 1 is 1.33 bits per heavy atom. The Hall–Kier alpha value is -2.21. The fourth-order valence-electron chi connectivity index (χ4n) is 2.69. The molecule has 5 nitrogen and oxygen atoms in total. The van der Waals surface area contributed by atoms with Gasteiger partial charge in [0.05, 0.1) is 11.4 Å². The molecule has 1 aliphatic rings. The zero-order chi connectivity index (χ0) is 14.8. The molecule has 2 heterocycles. The zero-order valence-electron chi connectivity index (χ0n) is 11.4. The van der Waals surface area contributed by atoms with Crippen LogP contribution in [0.1, 0.15) is 18.5 Å². The molecule has 0 radical (unpaired) electrons. The van der Waals surface area contributed by atoms with E-state index < -0.39 is 12.0 Å². The van der Waals surface area contributed by atoms with Crippen molar-refractivity contribution < 1.29 is 14.3 Å². The Labute approximate surface area is 121 Å². The van der Waals surface area contributed by atoms with Crippen LogP contribution in [0.4, 0.5) is 4.39 Å². The van der Waals surface area contributed by atoms with Crippen molar-refractivity contribution in [1.29, 1.82) is 0 Å². The van der Waals surface area contributed by atoms with Crippen LogP contribution in [0, 0.1) is 5.82 Å². The molecule has 1 atom stereocenters. The van der Waals surface area contributed by atoms with Crippen molar-refractivity contribution in [2.45, 2.75) is 25.4 Å².